The van der Waals surface area contributed by atoms with Gasteiger partial charge in [-0.05, 0) is 25.0 Å². The Hall–Kier alpha value is -1.25. The molecule has 0 aromatic heterocycles. The quantitative estimate of drug-likeness (QED) is 0.185. The third-order valence-electron chi connectivity index (χ3n) is 3.56. The number of aliphatic hydroxyl groups excluding tert-OH is 1. The third-order valence-corrected chi connectivity index (χ3v) is 3.56. The predicted molar refractivity (Wildman–Crippen MR) is 88.6 cm³/mol. The SMILES string of the molecule is CCCCCCCCCCCCC/C=C(O)/C=C/C(=O)O. The maximum atomic E-state index is 10.3. The highest BCUT2D eigenvalue weighted by molar-refractivity contribution is 5.80. The fourth-order valence-electron chi connectivity index (χ4n) is 2.28. The monoisotopic (exact) mass is 296 g/mol. The number of aliphatic carboxylic acids is 1. The summed E-state index contributed by atoms with van der Waals surface area (Å²) in [6.45, 7) is 2.25. The van der Waals surface area contributed by atoms with E-state index in [0.29, 0.717) is 0 Å². The van der Waals surface area contributed by atoms with Gasteiger partial charge in [0.1, 0.15) is 5.76 Å². The summed E-state index contributed by atoms with van der Waals surface area (Å²) in [4.78, 5) is 10.3. The van der Waals surface area contributed by atoms with Gasteiger partial charge in [0.15, 0.2) is 0 Å². The lowest BCUT2D eigenvalue weighted by atomic mass is 10.1. The molecule has 3 heteroatoms. The van der Waals surface area contributed by atoms with Crippen molar-refractivity contribution in [1.82, 2.24) is 0 Å². The number of carbonyl (C=O) groups is 1. The van der Waals surface area contributed by atoms with Crippen molar-refractivity contribution in [2.24, 2.45) is 0 Å². The molecule has 0 bridgehead atoms. The number of carboxylic acid groups (broad SMARTS) is 1. The van der Waals surface area contributed by atoms with E-state index >= 15 is 0 Å². The molecule has 0 saturated carbocycles. The number of hydrogen-bond donors (Lipinski definition) is 2. The van der Waals surface area contributed by atoms with Gasteiger partial charge in [-0.2, -0.15) is 0 Å². The first-order valence-electron chi connectivity index (χ1n) is 8.47. The van der Waals surface area contributed by atoms with Crippen molar-refractivity contribution in [2.45, 2.75) is 84.0 Å². The molecule has 0 spiro atoms. The summed E-state index contributed by atoms with van der Waals surface area (Å²) in [6, 6.07) is 0. The minimum absolute atomic E-state index is 0.0458. The Balaban J connectivity index is 3.29. The van der Waals surface area contributed by atoms with Gasteiger partial charge >= 0.3 is 5.97 Å². The Bertz CT molecular complexity index is 306. The second kappa shape index (κ2) is 15.1. The Morgan fingerprint density at radius 1 is 0.762 bits per heavy atom. The van der Waals surface area contributed by atoms with E-state index in [1.54, 1.807) is 6.08 Å². The van der Waals surface area contributed by atoms with Crippen LogP contribution in [-0.4, -0.2) is 16.2 Å². The zero-order valence-corrected chi connectivity index (χ0v) is 13.5. The molecular formula is C18H32O3. The minimum Gasteiger partial charge on any atom is -0.508 e. The molecular weight excluding hydrogens is 264 g/mol. The van der Waals surface area contributed by atoms with Crippen molar-refractivity contribution in [3.63, 3.8) is 0 Å². The van der Waals surface area contributed by atoms with Crippen LogP contribution in [0.15, 0.2) is 24.0 Å². The molecule has 0 rings (SSSR count). The van der Waals surface area contributed by atoms with E-state index in [4.69, 9.17) is 5.11 Å². The van der Waals surface area contributed by atoms with Gasteiger partial charge in [0, 0.05) is 6.08 Å². The van der Waals surface area contributed by atoms with E-state index in [2.05, 4.69) is 6.92 Å². The molecule has 0 aliphatic heterocycles. The molecule has 21 heavy (non-hydrogen) atoms. The van der Waals surface area contributed by atoms with E-state index in [-0.39, 0.29) is 5.76 Å². The van der Waals surface area contributed by atoms with Crippen molar-refractivity contribution in [3.05, 3.63) is 24.0 Å². The molecule has 0 amide bonds. The van der Waals surface area contributed by atoms with Crippen molar-refractivity contribution < 1.29 is 15.0 Å². The number of unbranched alkanes of at least 4 members (excludes halogenated alkanes) is 11. The molecule has 0 fully saturated rings. The Morgan fingerprint density at radius 3 is 1.71 bits per heavy atom. The average molecular weight is 296 g/mol. The fourth-order valence-corrected chi connectivity index (χ4v) is 2.28. The average Bonchev–Trinajstić information content (AvgIpc) is 2.46. The largest absolute Gasteiger partial charge is 0.508 e. The molecule has 0 saturated heterocycles. The number of aliphatic hydroxyl groups is 1. The van der Waals surface area contributed by atoms with Crippen molar-refractivity contribution >= 4 is 5.97 Å². The van der Waals surface area contributed by atoms with Crippen LogP contribution in [-0.2, 0) is 4.79 Å². The summed E-state index contributed by atoms with van der Waals surface area (Å²) in [5.41, 5.74) is 0. The zero-order chi connectivity index (χ0) is 15.8. The predicted octanol–water partition coefficient (Wildman–Crippen LogP) is 5.77. The summed E-state index contributed by atoms with van der Waals surface area (Å²) in [7, 11) is 0. The molecule has 0 aliphatic rings. The highest BCUT2D eigenvalue weighted by atomic mass is 16.4. The molecule has 0 aromatic carbocycles. The van der Waals surface area contributed by atoms with Gasteiger partial charge < -0.3 is 10.2 Å². The lowest BCUT2D eigenvalue weighted by Gasteiger charge is -2.01. The minimum atomic E-state index is -1.04. The van der Waals surface area contributed by atoms with Crippen LogP contribution >= 0.6 is 0 Å². The lowest BCUT2D eigenvalue weighted by molar-refractivity contribution is -0.131. The molecule has 0 unspecified atom stereocenters. The number of carboxylic acids is 1. The second-order valence-electron chi connectivity index (χ2n) is 5.62. The van der Waals surface area contributed by atoms with Gasteiger partial charge in [-0.15, -0.1) is 0 Å². The van der Waals surface area contributed by atoms with Crippen LogP contribution in [0.2, 0.25) is 0 Å². The molecule has 0 atom stereocenters. The van der Waals surface area contributed by atoms with Crippen LogP contribution in [0.5, 0.6) is 0 Å². The molecule has 0 heterocycles. The first kappa shape index (κ1) is 19.8. The maximum absolute atomic E-state index is 10.3. The molecule has 0 radical (unpaired) electrons. The topological polar surface area (TPSA) is 57.5 Å². The first-order chi connectivity index (χ1) is 10.2. The fraction of sp³-hybridized carbons (Fsp3) is 0.722. The Labute approximate surface area is 129 Å². The Morgan fingerprint density at radius 2 is 1.24 bits per heavy atom. The van der Waals surface area contributed by atoms with Crippen molar-refractivity contribution in [3.8, 4) is 0 Å². The first-order valence-corrected chi connectivity index (χ1v) is 8.47. The third kappa shape index (κ3) is 16.7. The number of allylic oxidation sites excluding steroid dienone is 2. The summed E-state index contributed by atoms with van der Waals surface area (Å²) in [5, 5.41) is 17.8. The lowest BCUT2D eigenvalue weighted by Crippen LogP contribution is -1.87. The van der Waals surface area contributed by atoms with Gasteiger partial charge in [-0.1, -0.05) is 71.1 Å². The number of hydrogen-bond acceptors (Lipinski definition) is 2. The molecule has 0 aliphatic carbocycles. The highest BCUT2D eigenvalue weighted by Gasteiger charge is 1.93. The summed E-state index contributed by atoms with van der Waals surface area (Å²) in [6.07, 6.45) is 19.0. The summed E-state index contributed by atoms with van der Waals surface area (Å²) < 4.78 is 0. The van der Waals surface area contributed by atoms with Crippen LogP contribution in [0.3, 0.4) is 0 Å². The standard InChI is InChI=1S/C18H32O3/c1-2-3-4-5-6-7-8-9-10-11-12-13-14-17(19)15-16-18(20)21/h14-16,19H,2-13H2,1H3,(H,20,21)/b16-15+,17-14-. The smallest absolute Gasteiger partial charge is 0.328 e. The van der Waals surface area contributed by atoms with E-state index in [1.807, 2.05) is 0 Å². The second-order valence-corrected chi connectivity index (χ2v) is 5.62. The Kier molecular flexibility index (Phi) is 14.2. The summed E-state index contributed by atoms with van der Waals surface area (Å²) >= 11 is 0. The molecule has 3 nitrogen and oxygen atoms in total. The van der Waals surface area contributed by atoms with E-state index in [9.17, 15) is 9.90 Å². The summed E-state index contributed by atoms with van der Waals surface area (Å²) in [5.74, 6) is -0.992. The van der Waals surface area contributed by atoms with Crippen LogP contribution in [0.4, 0.5) is 0 Å². The van der Waals surface area contributed by atoms with Crippen LogP contribution in [0, 0.1) is 0 Å². The normalized spacial score (nSPS) is 12.1. The van der Waals surface area contributed by atoms with Gasteiger partial charge in [0.2, 0.25) is 0 Å². The van der Waals surface area contributed by atoms with Gasteiger partial charge in [0.25, 0.3) is 0 Å². The molecule has 0 aromatic rings. The van der Waals surface area contributed by atoms with Crippen LogP contribution in [0.1, 0.15) is 84.0 Å². The van der Waals surface area contributed by atoms with Crippen molar-refractivity contribution in [2.75, 3.05) is 0 Å². The van der Waals surface area contributed by atoms with Gasteiger partial charge in [-0.25, -0.2) is 4.79 Å². The molecule has 122 valence electrons. The van der Waals surface area contributed by atoms with Crippen molar-refractivity contribution in [1.29, 1.82) is 0 Å². The van der Waals surface area contributed by atoms with Gasteiger partial charge in [-0.3, -0.25) is 0 Å². The van der Waals surface area contributed by atoms with E-state index < -0.39 is 5.97 Å². The van der Waals surface area contributed by atoms with E-state index in [1.165, 1.54) is 70.3 Å². The molecule has 2 N–H and O–H groups in total. The van der Waals surface area contributed by atoms with Crippen LogP contribution in [0.25, 0.3) is 0 Å². The maximum Gasteiger partial charge on any atom is 0.328 e. The zero-order valence-electron chi connectivity index (χ0n) is 13.5. The highest BCUT2D eigenvalue weighted by Crippen LogP contribution is 2.12. The van der Waals surface area contributed by atoms with Crippen LogP contribution < -0.4 is 0 Å². The van der Waals surface area contributed by atoms with Gasteiger partial charge in [0.05, 0.1) is 0 Å². The van der Waals surface area contributed by atoms with E-state index in [0.717, 1.165) is 18.9 Å². The number of rotatable bonds is 14.